The molecule has 1 heterocycles. The Balaban J connectivity index is 2.48. The summed E-state index contributed by atoms with van der Waals surface area (Å²) >= 11 is 0. The van der Waals surface area contributed by atoms with Gasteiger partial charge in [0.15, 0.2) is 5.76 Å². The van der Waals surface area contributed by atoms with Gasteiger partial charge in [0.2, 0.25) is 0 Å². The summed E-state index contributed by atoms with van der Waals surface area (Å²) in [4.78, 5) is 11.7. The number of esters is 1. The van der Waals surface area contributed by atoms with Crippen molar-refractivity contribution in [1.82, 2.24) is 5.16 Å². The minimum absolute atomic E-state index is 0.0923. The van der Waals surface area contributed by atoms with Crippen LogP contribution in [0.3, 0.4) is 0 Å². The Morgan fingerprint density at radius 2 is 2.28 bits per heavy atom. The fraction of sp³-hybridized carbons (Fsp3) is 0.231. The summed E-state index contributed by atoms with van der Waals surface area (Å²) in [6, 6.07) is 4.56. The minimum atomic E-state index is -0.574. The van der Waals surface area contributed by atoms with Crippen molar-refractivity contribution in [2.24, 2.45) is 0 Å². The lowest BCUT2D eigenvalue weighted by atomic mass is 10.1. The first-order chi connectivity index (χ1) is 8.63. The van der Waals surface area contributed by atoms with E-state index in [-0.39, 0.29) is 23.5 Å². The quantitative estimate of drug-likeness (QED) is 0.785. The van der Waals surface area contributed by atoms with Crippen LogP contribution in [0.4, 0.5) is 4.39 Å². The van der Waals surface area contributed by atoms with Gasteiger partial charge in [-0.1, -0.05) is 16.8 Å². The molecular formula is C13H12FNO3. The van der Waals surface area contributed by atoms with E-state index < -0.39 is 11.8 Å². The van der Waals surface area contributed by atoms with Gasteiger partial charge in [-0.25, -0.2) is 9.18 Å². The van der Waals surface area contributed by atoms with E-state index in [0.29, 0.717) is 0 Å². The van der Waals surface area contributed by atoms with Crippen molar-refractivity contribution in [1.29, 1.82) is 0 Å². The summed E-state index contributed by atoms with van der Waals surface area (Å²) in [6.07, 6.45) is 1.23. The molecule has 0 amide bonds. The van der Waals surface area contributed by atoms with Gasteiger partial charge in [0, 0.05) is 0 Å². The molecular weight excluding hydrogens is 237 g/mol. The molecule has 0 saturated carbocycles. The third-order valence-corrected chi connectivity index (χ3v) is 2.43. The Morgan fingerprint density at radius 1 is 1.50 bits per heavy atom. The van der Waals surface area contributed by atoms with Crippen molar-refractivity contribution in [3.63, 3.8) is 0 Å². The van der Waals surface area contributed by atoms with Crippen molar-refractivity contribution in [2.45, 2.75) is 13.8 Å². The fourth-order valence-electron chi connectivity index (χ4n) is 1.60. The molecule has 0 radical (unpaired) electrons. The zero-order chi connectivity index (χ0) is 13.1. The van der Waals surface area contributed by atoms with Crippen LogP contribution in [-0.4, -0.2) is 17.7 Å². The van der Waals surface area contributed by atoms with Gasteiger partial charge in [0.05, 0.1) is 18.4 Å². The summed E-state index contributed by atoms with van der Waals surface area (Å²) in [5.74, 6) is -0.952. The zero-order valence-corrected chi connectivity index (χ0v) is 10.1. The monoisotopic (exact) mass is 249 g/mol. The molecule has 0 bridgehead atoms. The standard InChI is InChI=1S/C13H12FNO3/c1-3-17-13(16)10-7-15-18-12(10)9-6-8(2)4-5-11(9)14/h4-7H,3H2,1-2H3. The fourth-order valence-corrected chi connectivity index (χ4v) is 1.60. The molecule has 0 atom stereocenters. The van der Waals surface area contributed by atoms with Gasteiger partial charge in [-0.3, -0.25) is 0 Å². The van der Waals surface area contributed by atoms with E-state index in [9.17, 15) is 9.18 Å². The number of rotatable bonds is 3. The van der Waals surface area contributed by atoms with Crippen LogP contribution in [-0.2, 0) is 4.74 Å². The van der Waals surface area contributed by atoms with Gasteiger partial charge in [-0.15, -0.1) is 0 Å². The summed E-state index contributed by atoms with van der Waals surface area (Å²) in [6.45, 7) is 3.75. The van der Waals surface area contributed by atoms with Gasteiger partial charge < -0.3 is 9.26 Å². The van der Waals surface area contributed by atoms with Crippen LogP contribution in [0.5, 0.6) is 0 Å². The molecule has 0 aliphatic heterocycles. The van der Waals surface area contributed by atoms with E-state index in [1.807, 2.05) is 6.92 Å². The highest BCUT2D eigenvalue weighted by Gasteiger charge is 2.21. The Hall–Kier alpha value is -2.17. The molecule has 0 spiro atoms. The van der Waals surface area contributed by atoms with Crippen molar-refractivity contribution >= 4 is 5.97 Å². The third-order valence-electron chi connectivity index (χ3n) is 2.43. The predicted molar refractivity (Wildman–Crippen MR) is 62.6 cm³/mol. The van der Waals surface area contributed by atoms with Crippen LogP contribution < -0.4 is 0 Å². The van der Waals surface area contributed by atoms with E-state index in [2.05, 4.69) is 5.16 Å². The summed E-state index contributed by atoms with van der Waals surface area (Å²) < 4.78 is 23.5. The van der Waals surface area contributed by atoms with Crippen molar-refractivity contribution in [3.05, 3.63) is 41.3 Å². The third kappa shape index (κ3) is 2.25. The molecule has 5 heteroatoms. The zero-order valence-electron chi connectivity index (χ0n) is 10.1. The molecule has 0 aliphatic rings. The second-order valence-electron chi connectivity index (χ2n) is 3.77. The minimum Gasteiger partial charge on any atom is -0.462 e. The number of aryl methyl sites for hydroxylation is 1. The van der Waals surface area contributed by atoms with Gasteiger partial charge in [-0.05, 0) is 26.0 Å². The number of hydrogen-bond donors (Lipinski definition) is 0. The van der Waals surface area contributed by atoms with Crippen LogP contribution >= 0.6 is 0 Å². The molecule has 4 nitrogen and oxygen atoms in total. The Morgan fingerprint density at radius 3 is 3.00 bits per heavy atom. The van der Waals surface area contributed by atoms with Gasteiger partial charge in [0.25, 0.3) is 0 Å². The summed E-state index contributed by atoms with van der Waals surface area (Å²) in [7, 11) is 0. The maximum absolute atomic E-state index is 13.7. The molecule has 18 heavy (non-hydrogen) atoms. The number of ether oxygens (including phenoxy) is 1. The molecule has 0 unspecified atom stereocenters. The van der Waals surface area contributed by atoms with Crippen molar-refractivity contribution < 1.29 is 18.4 Å². The van der Waals surface area contributed by atoms with Gasteiger partial charge >= 0.3 is 5.97 Å². The number of halogens is 1. The molecule has 0 fully saturated rings. The Labute approximate surface area is 103 Å². The lowest BCUT2D eigenvalue weighted by Gasteiger charge is -2.03. The average Bonchev–Trinajstić information content (AvgIpc) is 2.81. The van der Waals surface area contributed by atoms with Gasteiger partial charge in [0.1, 0.15) is 11.4 Å². The van der Waals surface area contributed by atoms with E-state index in [1.54, 1.807) is 19.1 Å². The maximum Gasteiger partial charge on any atom is 0.343 e. The van der Waals surface area contributed by atoms with Crippen molar-refractivity contribution in [2.75, 3.05) is 6.61 Å². The molecule has 94 valence electrons. The highest BCUT2D eigenvalue weighted by Crippen LogP contribution is 2.27. The average molecular weight is 249 g/mol. The molecule has 2 aromatic rings. The van der Waals surface area contributed by atoms with Crippen molar-refractivity contribution in [3.8, 4) is 11.3 Å². The number of carbonyl (C=O) groups is 1. The topological polar surface area (TPSA) is 52.3 Å². The number of hydrogen-bond acceptors (Lipinski definition) is 4. The molecule has 0 N–H and O–H groups in total. The number of nitrogens with zero attached hydrogens (tertiary/aromatic N) is 1. The van der Waals surface area contributed by atoms with E-state index in [1.165, 1.54) is 12.3 Å². The number of benzene rings is 1. The Kier molecular flexibility index (Phi) is 3.41. The normalized spacial score (nSPS) is 10.4. The molecule has 0 saturated heterocycles. The second-order valence-corrected chi connectivity index (χ2v) is 3.77. The van der Waals surface area contributed by atoms with Crippen LogP contribution in [0.1, 0.15) is 22.8 Å². The van der Waals surface area contributed by atoms with Crippen LogP contribution in [0, 0.1) is 12.7 Å². The first-order valence-corrected chi connectivity index (χ1v) is 5.51. The van der Waals surface area contributed by atoms with E-state index in [0.717, 1.165) is 5.56 Å². The number of aromatic nitrogens is 1. The summed E-state index contributed by atoms with van der Waals surface area (Å²) in [5, 5.41) is 3.53. The maximum atomic E-state index is 13.7. The Bertz CT molecular complexity index is 577. The first-order valence-electron chi connectivity index (χ1n) is 5.51. The predicted octanol–water partition coefficient (Wildman–Crippen LogP) is 2.97. The van der Waals surface area contributed by atoms with E-state index in [4.69, 9.17) is 9.26 Å². The lowest BCUT2D eigenvalue weighted by Crippen LogP contribution is -2.05. The molecule has 1 aromatic heterocycles. The molecule has 0 aliphatic carbocycles. The number of carbonyl (C=O) groups excluding carboxylic acids is 1. The summed E-state index contributed by atoms with van der Waals surface area (Å²) in [5.41, 5.74) is 1.19. The highest BCUT2D eigenvalue weighted by molar-refractivity contribution is 5.95. The second kappa shape index (κ2) is 5.00. The smallest absolute Gasteiger partial charge is 0.343 e. The van der Waals surface area contributed by atoms with Crippen LogP contribution in [0.15, 0.2) is 28.9 Å². The molecule has 1 aromatic carbocycles. The highest BCUT2D eigenvalue weighted by atomic mass is 19.1. The van der Waals surface area contributed by atoms with Gasteiger partial charge in [-0.2, -0.15) is 0 Å². The van der Waals surface area contributed by atoms with Crippen LogP contribution in [0.25, 0.3) is 11.3 Å². The first kappa shape index (κ1) is 12.3. The van der Waals surface area contributed by atoms with Crippen LogP contribution in [0.2, 0.25) is 0 Å². The van der Waals surface area contributed by atoms with E-state index >= 15 is 0 Å². The SMILES string of the molecule is CCOC(=O)c1cnoc1-c1cc(C)ccc1F. The molecule has 2 rings (SSSR count). The lowest BCUT2D eigenvalue weighted by molar-refractivity contribution is 0.0526. The largest absolute Gasteiger partial charge is 0.462 e.